The highest BCUT2D eigenvalue weighted by Crippen LogP contribution is 2.21. The van der Waals surface area contributed by atoms with Crippen LogP contribution in [0, 0.1) is 0 Å². The Morgan fingerprint density at radius 3 is 2.63 bits per heavy atom. The van der Waals surface area contributed by atoms with Crippen LogP contribution in [0.15, 0.2) is 46.9 Å². The van der Waals surface area contributed by atoms with Crippen molar-refractivity contribution in [3.63, 3.8) is 0 Å². The summed E-state index contributed by atoms with van der Waals surface area (Å²) in [5.41, 5.74) is 2.21. The van der Waals surface area contributed by atoms with E-state index in [1.807, 2.05) is 42.5 Å². The fourth-order valence-corrected chi connectivity index (χ4v) is 2.45. The molecule has 0 amide bonds. The molecule has 0 aliphatic rings. The average molecular weight is 341 g/mol. The van der Waals surface area contributed by atoms with E-state index in [1.165, 1.54) is 0 Å². The van der Waals surface area contributed by atoms with E-state index < -0.39 is 0 Å². The summed E-state index contributed by atoms with van der Waals surface area (Å²) in [6, 6.07) is 13.8. The Kier molecular flexibility index (Phi) is 5.25. The summed E-state index contributed by atoms with van der Waals surface area (Å²) in [4.78, 5) is 0. The Bertz CT molecular complexity index is 560. The van der Waals surface area contributed by atoms with Gasteiger partial charge in [-0.2, -0.15) is 0 Å². The molecule has 0 heterocycles. The zero-order valence-corrected chi connectivity index (χ0v) is 13.0. The summed E-state index contributed by atoms with van der Waals surface area (Å²) in [5.74, 6) is 0.898. The van der Waals surface area contributed by atoms with Crippen molar-refractivity contribution < 1.29 is 4.74 Å². The van der Waals surface area contributed by atoms with Crippen molar-refractivity contribution in [1.29, 1.82) is 0 Å². The highest BCUT2D eigenvalue weighted by atomic mass is 79.9. The van der Waals surface area contributed by atoms with Gasteiger partial charge in [0.2, 0.25) is 0 Å². The zero-order chi connectivity index (χ0) is 13.7. The number of para-hydroxylation sites is 1. The summed E-state index contributed by atoms with van der Waals surface area (Å²) in [5, 5.41) is 4.15. The predicted molar refractivity (Wildman–Crippen MR) is 82.7 cm³/mol. The number of nitrogens with one attached hydrogen (secondary N) is 1. The molecular weight excluding hydrogens is 326 g/mol. The first-order chi connectivity index (χ1) is 9.20. The topological polar surface area (TPSA) is 21.3 Å². The van der Waals surface area contributed by atoms with Crippen LogP contribution >= 0.6 is 27.5 Å². The van der Waals surface area contributed by atoms with Crippen molar-refractivity contribution in [3.05, 3.63) is 63.1 Å². The molecule has 0 spiro atoms. The van der Waals surface area contributed by atoms with Crippen LogP contribution in [0.25, 0.3) is 0 Å². The van der Waals surface area contributed by atoms with E-state index in [1.54, 1.807) is 7.11 Å². The molecule has 0 bridgehead atoms. The van der Waals surface area contributed by atoms with Gasteiger partial charge in [-0.3, -0.25) is 0 Å². The van der Waals surface area contributed by atoms with Gasteiger partial charge in [0, 0.05) is 28.1 Å². The molecular formula is C15H15BrClNO. The molecule has 0 aliphatic heterocycles. The zero-order valence-electron chi connectivity index (χ0n) is 10.6. The van der Waals surface area contributed by atoms with Crippen LogP contribution in [-0.2, 0) is 13.1 Å². The van der Waals surface area contributed by atoms with Crippen molar-refractivity contribution in [1.82, 2.24) is 5.32 Å². The Hall–Kier alpha value is -1.03. The van der Waals surface area contributed by atoms with Gasteiger partial charge in [0.25, 0.3) is 0 Å². The number of rotatable bonds is 5. The van der Waals surface area contributed by atoms with Crippen LogP contribution in [0.4, 0.5) is 0 Å². The number of hydrogen-bond acceptors (Lipinski definition) is 2. The lowest BCUT2D eigenvalue weighted by atomic mass is 10.2. The minimum absolute atomic E-state index is 0.719. The molecule has 0 saturated heterocycles. The van der Waals surface area contributed by atoms with Crippen LogP contribution in [0.1, 0.15) is 11.1 Å². The molecule has 0 radical (unpaired) electrons. The molecule has 4 heteroatoms. The van der Waals surface area contributed by atoms with Gasteiger partial charge >= 0.3 is 0 Å². The van der Waals surface area contributed by atoms with Gasteiger partial charge < -0.3 is 10.1 Å². The van der Waals surface area contributed by atoms with Crippen LogP contribution < -0.4 is 10.1 Å². The molecule has 0 saturated carbocycles. The van der Waals surface area contributed by atoms with E-state index in [9.17, 15) is 0 Å². The second-order valence-corrected chi connectivity index (χ2v) is 5.47. The highest BCUT2D eigenvalue weighted by molar-refractivity contribution is 9.10. The summed E-state index contributed by atoms with van der Waals surface area (Å²) in [6.45, 7) is 1.46. The maximum Gasteiger partial charge on any atom is 0.123 e. The maximum absolute atomic E-state index is 6.15. The predicted octanol–water partition coefficient (Wildman–Crippen LogP) is 4.40. The Balaban J connectivity index is 1.98. The molecule has 0 fully saturated rings. The van der Waals surface area contributed by atoms with Gasteiger partial charge in [-0.15, -0.1) is 0 Å². The van der Waals surface area contributed by atoms with Gasteiger partial charge in [-0.25, -0.2) is 0 Å². The first-order valence-electron chi connectivity index (χ1n) is 5.97. The lowest BCUT2D eigenvalue weighted by Crippen LogP contribution is -2.13. The second kappa shape index (κ2) is 6.94. The van der Waals surface area contributed by atoms with Crippen LogP contribution in [-0.4, -0.2) is 7.11 Å². The van der Waals surface area contributed by atoms with Gasteiger partial charge in [-0.05, 0) is 29.8 Å². The SMILES string of the molecule is COc1ccccc1CNCc1cc(Br)ccc1Cl. The smallest absolute Gasteiger partial charge is 0.123 e. The molecule has 0 aliphatic carbocycles. The lowest BCUT2D eigenvalue weighted by Gasteiger charge is -2.10. The molecule has 2 aromatic rings. The maximum atomic E-state index is 6.15. The molecule has 2 rings (SSSR count). The molecule has 0 atom stereocenters. The number of methoxy groups -OCH3 is 1. The average Bonchev–Trinajstić information content (AvgIpc) is 2.43. The summed E-state index contributed by atoms with van der Waals surface area (Å²) in [7, 11) is 1.68. The van der Waals surface area contributed by atoms with E-state index in [0.29, 0.717) is 0 Å². The minimum Gasteiger partial charge on any atom is -0.496 e. The van der Waals surface area contributed by atoms with Gasteiger partial charge in [-0.1, -0.05) is 45.7 Å². The standard InChI is InChI=1S/C15H15BrClNO/c1-19-15-5-3-2-4-11(15)9-18-10-12-8-13(16)6-7-14(12)17/h2-8,18H,9-10H2,1H3. The fourth-order valence-electron chi connectivity index (χ4n) is 1.86. The van der Waals surface area contributed by atoms with Crippen molar-refractivity contribution in [3.8, 4) is 5.75 Å². The normalized spacial score (nSPS) is 10.5. The van der Waals surface area contributed by atoms with Gasteiger partial charge in [0.1, 0.15) is 5.75 Å². The van der Waals surface area contributed by atoms with Crippen LogP contribution in [0.3, 0.4) is 0 Å². The van der Waals surface area contributed by atoms with E-state index in [4.69, 9.17) is 16.3 Å². The van der Waals surface area contributed by atoms with E-state index in [2.05, 4.69) is 21.2 Å². The lowest BCUT2D eigenvalue weighted by molar-refractivity contribution is 0.407. The number of benzene rings is 2. The van der Waals surface area contributed by atoms with Crippen molar-refractivity contribution in [2.75, 3.05) is 7.11 Å². The third-order valence-electron chi connectivity index (χ3n) is 2.83. The van der Waals surface area contributed by atoms with Crippen LogP contribution in [0.2, 0.25) is 5.02 Å². The van der Waals surface area contributed by atoms with E-state index >= 15 is 0 Å². The molecule has 0 aromatic heterocycles. The quantitative estimate of drug-likeness (QED) is 0.871. The first-order valence-corrected chi connectivity index (χ1v) is 7.14. The van der Waals surface area contributed by atoms with Crippen LogP contribution in [0.5, 0.6) is 5.75 Å². The Labute approximate surface area is 126 Å². The largest absolute Gasteiger partial charge is 0.496 e. The van der Waals surface area contributed by atoms with E-state index in [0.717, 1.165) is 39.5 Å². The molecule has 19 heavy (non-hydrogen) atoms. The van der Waals surface area contributed by atoms with Crippen molar-refractivity contribution in [2.45, 2.75) is 13.1 Å². The van der Waals surface area contributed by atoms with Gasteiger partial charge in [0.05, 0.1) is 7.11 Å². The number of hydrogen-bond donors (Lipinski definition) is 1. The third-order valence-corrected chi connectivity index (χ3v) is 3.69. The molecule has 2 nitrogen and oxygen atoms in total. The monoisotopic (exact) mass is 339 g/mol. The number of halogens is 2. The molecule has 1 N–H and O–H groups in total. The van der Waals surface area contributed by atoms with Crippen molar-refractivity contribution >= 4 is 27.5 Å². The van der Waals surface area contributed by atoms with E-state index in [-0.39, 0.29) is 0 Å². The Morgan fingerprint density at radius 2 is 1.84 bits per heavy atom. The third kappa shape index (κ3) is 3.96. The molecule has 2 aromatic carbocycles. The second-order valence-electron chi connectivity index (χ2n) is 4.15. The van der Waals surface area contributed by atoms with Crippen molar-refractivity contribution in [2.24, 2.45) is 0 Å². The molecule has 0 unspecified atom stereocenters. The summed E-state index contributed by atoms with van der Waals surface area (Å²) < 4.78 is 6.35. The minimum atomic E-state index is 0.719. The Morgan fingerprint density at radius 1 is 1.11 bits per heavy atom. The number of ether oxygens (including phenoxy) is 1. The molecule has 100 valence electrons. The summed E-state index contributed by atoms with van der Waals surface area (Å²) >= 11 is 9.60. The highest BCUT2D eigenvalue weighted by Gasteiger charge is 2.03. The fraction of sp³-hybridized carbons (Fsp3) is 0.200. The summed E-state index contributed by atoms with van der Waals surface area (Å²) in [6.07, 6.45) is 0. The van der Waals surface area contributed by atoms with Gasteiger partial charge in [0.15, 0.2) is 0 Å². The first kappa shape index (κ1) is 14.4.